The molecule has 7 heteroatoms. The van der Waals surface area contributed by atoms with Gasteiger partial charge < -0.3 is 10.1 Å². The highest BCUT2D eigenvalue weighted by Crippen LogP contribution is 2.62. The average Bonchev–Trinajstić information content (AvgIpc) is 3.25. The van der Waals surface area contributed by atoms with Crippen molar-refractivity contribution in [1.29, 1.82) is 0 Å². The number of carbonyl (C=O) groups is 1. The highest BCUT2D eigenvalue weighted by atomic mass is 35.5. The number of rotatable bonds is 6. The number of benzene rings is 2. The van der Waals surface area contributed by atoms with E-state index in [1.165, 1.54) is 41.7 Å². The van der Waals surface area contributed by atoms with Crippen LogP contribution in [0.1, 0.15) is 55.3 Å². The van der Waals surface area contributed by atoms with Gasteiger partial charge in [-0.15, -0.1) is 11.3 Å². The molecule has 7 rings (SSSR count). The zero-order chi connectivity index (χ0) is 24.0. The number of anilines is 1. The molecule has 5 nitrogen and oxygen atoms in total. The minimum absolute atomic E-state index is 0.128. The van der Waals surface area contributed by atoms with Gasteiger partial charge in [-0.1, -0.05) is 41.4 Å². The van der Waals surface area contributed by atoms with E-state index < -0.39 is 0 Å². The van der Waals surface area contributed by atoms with Crippen LogP contribution in [0.25, 0.3) is 0 Å². The molecule has 0 aliphatic heterocycles. The van der Waals surface area contributed by atoms with E-state index in [9.17, 15) is 4.79 Å². The van der Waals surface area contributed by atoms with Gasteiger partial charge in [-0.25, -0.2) is 9.78 Å². The number of nitrogens with one attached hydrogen (secondary N) is 2. The summed E-state index contributed by atoms with van der Waals surface area (Å²) in [7, 11) is 0. The molecule has 4 saturated carbocycles. The zero-order valence-electron chi connectivity index (χ0n) is 19.9. The molecular weight excluding hydrogens is 478 g/mol. The Morgan fingerprint density at radius 2 is 1.80 bits per heavy atom. The number of amides is 2. The summed E-state index contributed by atoms with van der Waals surface area (Å²) in [6.45, 7) is 2.48. The Hall–Kier alpha value is -2.57. The molecule has 2 amide bonds. The fourth-order valence-electron chi connectivity index (χ4n) is 7.14. The summed E-state index contributed by atoms with van der Waals surface area (Å²) in [4.78, 5) is 17.6. The van der Waals surface area contributed by atoms with Gasteiger partial charge in [-0.05, 0) is 92.5 Å². The minimum atomic E-state index is -0.148. The van der Waals surface area contributed by atoms with Crippen molar-refractivity contribution >= 4 is 34.1 Å². The van der Waals surface area contributed by atoms with E-state index >= 15 is 0 Å². The summed E-state index contributed by atoms with van der Waals surface area (Å²) in [5.74, 6) is 2.11. The number of hydrogen-bond acceptors (Lipinski definition) is 4. The van der Waals surface area contributed by atoms with Crippen LogP contribution in [-0.2, 0) is 12.0 Å². The minimum Gasteiger partial charge on any atom is -0.487 e. The third-order valence-electron chi connectivity index (χ3n) is 8.08. The van der Waals surface area contributed by atoms with E-state index in [0.717, 1.165) is 30.7 Å². The van der Waals surface area contributed by atoms with Crippen LogP contribution in [0.3, 0.4) is 0 Å². The Kier molecular flexibility index (Phi) is 5.76. The van der Waals surface area contributed by atoms with E-state index in [0.29, 0.717) is 28.6 Å². The molecule has 1 aromatic heterocycles. The molecule has 2 atom stereocenters. The SMILES string of the molecule is Cc1ccc(C23CC4CC(CC(NC(=O)Nc5nc(COc6ccc(Cl)cc6)cs5)(C4)C2)C3)cc1. The average molecular weight is 508 g/mol. The number of carbonyl (C=O) groups excluding carboxylic acids is 1. The van der Waals surface area contributed by atoms with E-state index in [4.69, 9.17) is 16.3 Å². The Morgan fingerprint density at radius 3 is 2.51 bits per heavy atom. The first-order valence-electron chi connectivity index (χ1n) is 12.4. The number of ether oxygens (including phenoxy) is 1. The predicted molar refractivity (Wildman–Crippen MR) is 140 cm³/mol. The third kappa shape index (κ3) is 4.66. The van der Waals surface area contributed by atoms with Crippen LogP contribution >= 0.6 is 22.9 Å². The van der Waals surface area contributed by atoms with Crippen molar-refractivity contribution in [3.63, 3.8) is 0 Å². The zero-order valence-corrected chi connectivity index (χ0v) is 21.4. The molecule has 4 aliphatic carbocycles. The van der Waals surface area contributed by atoms with Crippen LogP contribution in [0.5, 0.6) is 5.75 Å². The molecule has 0 radical (unpaired) electrons. The number of hydrogen-bond donors (Lipinski definition) is 2. The van der Waals surface area contributed by atoms with Gasteiger partial charge in [0.05, 0.1) is 5.69 Å². The lowest BCUT2D eigenvalue weighted by molar-refractivity contribution is -0.0343. The standard InChI is InChI=1S/C28H30ClN3O2S/c1-18-2-4-21(5-3-18)27-11-19-10-20(12-27)14-28(13-19,17-27)32-25(33)31-26-30-23(16-35-26)15-34-24-8-6-22(29)7-9-24/h2-9,16,19-20H,10-15,17H2,1H3,(H2,30,31,32,33). The smallest absolute Gasteiger partial charge is 0.321 e. The van der Waals surface area contributed by atoms with E-state index in [1.807, 2.05) is 17.5 Å². The van der Waals surface area contributed by atoms with Crippen molar-refractivity contribution in [2.45, 2.75) is 63.0 Å². The van der Waals surface area contributed by atoms with Crippen molar-refractivity contribution in [2.24, 2.45) is 11.8 Å². The predicted octanol–water partition coefficient (Wildman–Crippen LogP) is 7.10. The van der Waals surface area contributed by atoms with Gasteiger partial charge in [0, 0.05) is 15.9 Å². The molecule has 0 spiro atoms. The first kappa shape index (κ1) is 22.9. The molecule has 4 fully saturated rings. The van der Waals surface area contributed by atoms with Crippen LogP contribution in [0.2, 0.25) is 5.02 Å². The number of aromatic nitrogens is 1. The molecule has 2 N–H and O–H groups in total. The molecular formula is C28H30ClN3O2S. The maximum absolute atomic E-state index is 13.1. The summed E-state index contributed by atoms with van der Waals surface area (Å²) >= 11 is 7.35. The maximum atomic E-state index is 13.1. The Balaban J connectivity index is 1.11. The van der Waals surface area contributed by atoms with E-state index in [1.54, 1.807) is 12.1 Å². The molecule has 4 aliphatic rings. The summed E-state index contributed by atoms with van der Waals surface area (Å²) in [5, 5.41) is 9.60. The van der Waals surface area contributed by atoms with Crippen LogP contribution in [0, 0.1) is 18.8 Å². The van der Waals surface area contributed by atoms with Crippen molar-refractivity contribution in [3.05, 3.63) is 75.8 Å². The summed E-state index contributed by atoms with van der Waals surface area (Å²) in [5.41, 5.74) is 3.60. The topological polar surface area (TPSA) is 63.2 Å². The summed E-state index contributed by atoms with van der Waals surface area (Å²) in [6, 6.07) is 16.2. The third-order valence-corrected chi connectivity index (χ3v) is 9.13. The largest absolute Gasteiger partial charge is 0.487 e. The quantitative estimate of drug-likeness (QED) is 0.374. The molecule has 2 aromatic carbocycles. The number of halogens is 1. The van der Waals surface area contributed by atoms with E-state index in [-0.39, 0.29) is 17.0 Å². The monoisotopic (exact) mass is 507 g/mol. The number of thiazole rings is 1. The van der Waals surface area contributed by atoms with Gasteiger partial charge >= 0.3 is 6.03 Å². The molecule has 4 bridgehead atoms. The lowest BCUT2D eigenvalue weighted by Crippen LogP contribution is -2.64. The molecule has 1 heterocycles. The van der Waals surface area contributed by atoms with Crippen molar-refractivity contribution in [3.8, 4) is 5.75 Å². The van der Waals surface area contributed by atoms with Crippen LogP contribution in [0.15, 0.2) is 53.9 Å². The molecule has 3 aromatic rings. The first-order chi connectivity index (χ1) is 16.9. The molecule has 0 saturated heterocycles. The van der Waals surface area contributed by atoms with Gasteiger partial charge in [0.15, 0.2) is 5.13 Å². The molecule has 2 unspecified atom stereocenters. The first-order valence-corrected chi connectivity index (χ1v) is 13.6. The fraction of sp³-hybridized carbons (Fsp3) is 0.429. The second-order valence-electron chi connectivity index (χ2n) is 10.9. The maximum Gasteiger partial charge on any atom is 0.321 e. The van der Waals surface area contributed by atoms with Crippen molar-refractivity contribution in [2.75, 3.05) is 5.32 Å². The lowest BCUT2D eigenvalue weighted by Gasteiger charge is -2.62. The van der Waals surface area contributed by atoms with Crippen molar-refractivity contribution in [1.82, 2.24) is 10.3 Å². The highest BCUT2D eigenvalue weighted by molar-refractivity contribution is 7.13. The normalized spacial score (nSPS) is 28.6. The van der Waals surface area contributed by atoms with Gasteiger partial charge in [0.2, 0.25) is 0 Å². The second kappa shape index (κ2) is 8.82. The number of urea groups is 1. The highest BCUT2D eigenvalue weighted by Gasteiger charge is 2.58. The molecule has 182 valence electrons. The summed E-state index contributed by atoms with van der Waals surface area (Å²) in [6.07, 6.45) is 7.01. The van der Waals surface area contributed by atoms with Gasteiger partial charge in [0.25, 0.3) is 0 Å². The van der Waals surface area contributed by atoms with E-state index in [2.05, 4.69) is 46.8 Å². The number of aryl methyl sites for hydroxylation is 1. The fourth-order valence-corrected chi connectivity index (χ4v) is 7.96. The van der Waals surface area contributed by atoms with Gasteiger partial charge in [-0.2, -0.15) is 0 Å². The Labute approximate surface area is 215 Å². The van der Waals surface area contributed by atoms with Crippen LogP contribution in [0.4, 0.5) is 9.93 Å². The molecule has 35 heavy (non-hydrogen) atoms. The Bertz CT molecular complexity index is 1210. The summed E-state index contributed by atoms with van der Waals surface area (Å²) < 4.78 is 5.77. The van der Waals surface area contributed by atoms with Crippen LogP contribution < -0.4 is 15.4 Å². The van der Waals surface area contributed by atoms with Crippen molar-refractivity contribution < 1.29 is 9.53 Å². The Morgan fingerprint density at radius 1 is 1.09 bits per heavy atom. The van der Waals surface area contributed by atoms with Gasteiger partial charge in [0.1, 0.15) is 12.4 Å². The second-order valence-corrected chi connectivity index (χ2v) is 12.1. The number of nitrogens with zero attached hydrogens (tertiary/aromatic N) is 1. The van der Waals surface area contributed by atoms with Crippen LogP contribution in [-0.4, -0.2) is 16.6 Å². The lowest BCUT2D eigenvalue weighted by atomic mass is 9.45. The van der Waals surface area contributed by atoms with Gasteiger partial charge in [-0.3, -0.25) is 5.32 Å².